The predicted molar refractivity (Wildman–Crippen MR) is 120 cm³/mol. The molecule has 1 N–H and O–H groups in total. The lowest BCUT2D eigenvalue weighted by atomic mass is 10.1. The van der Waals surface area contributed by atoms with E-state index in [1.165, 1.54) is 12.1 Å². The lowest BCUT2D eigenvalue weighted by Gasteiger charge is -2.38. The SMILES string of the molecule is CN1CCN(c2ncccn2)CC1c1nnc2ccc(C(=O)NCc3cccc(F)c3)cn12. The summed E-state index contributed by atoms with van der Waals surface area (Å²) in [7, 11) is 2.05. The van der Waals surface area contributed by atoms with E-state index in [9.17, 15) is 9.18 Å². The molecule has 1 fully saturated rings. The molecule has 0 bridgehead atoms. The monoisotopic (exact) mass is 446 g/mol. The fraction of sp³-hybridized carbons (Fsp3) is 0.261. The van der Waals surface area contributed by atoms with E-state index in [-0.39, 0.29) is 24.3 Å². The fourth-order valence-electron chi connectivity index (χ4n) is 3.99. The molecule has 1 amide bonds. The molecule has 0 saturated carbocycles. The van der Waals surface area contributed by atoms with Gasteiger partial charge >= 0.3 is 0 Å². The minimum absolute atomic E-state index is 0.0526. The molecule has 168 valence electrons. The van der Waals surface area contributed by atoms with E-state index in [1.807, 2.05) is 11.4 Å². The summed E-state index contributed by atoms with van der Waals surface area (Å²) in [6.45, 7) is 2.51. The number of piperazine rings is 1. The van der Waals surface area contributed by atoms with Gasteiger partial charge in [-0.1, -0.05) is 12.1 Å². The Balaban J connectivity index is 1.38. The number of hydrogen-bond donors (Lipinski definition) is 1. The van der Waals surface area contributed by atoms with Crippen molar-refractivity contribution in [1.82, 2.24) is 34.8 Å². The van der Waals surface area contributed by atoms with Gasteiger partial charge in [-0.05, 0) is 42.9 Å². The smallest absolute Gasteiger partial charge is 0.253 e. The number of halogens is 1. The minimum Gasteiger partial charge on any atom is -0.348 e. The first-order valence-corrected chi connectivity index (χ1v) is 10.7. The van der Waals surface area contributed by atoms with Gasteiger partial charge in [-0.25, -0.2) is 14.4 Å². The summed E-state index contributed by atoms with van der Waals surface area (Å²) in [5, 5.41) is 11.6. The Morgan fingerprint density at radius 1 is 1.12 bits per heavy atom. The van der Waals surface area contributed by atoms with E-state index in [0.29, 0.717) is 29.3 Å². The molecule has 4 aromatic rings. The highest BCUT2D eigenvalue weighted by molar-refractivity contribution is 5.94. The second kappa shape index (κ2) is 8.91. The summed E-state index contributed by atoms with van der Waals surface area (Å²) < 4.78 is 15.3. The first-order chi connectivity index (χ1) is 16.1. The van der Waals surface area contributed by atoms with Crippen molar-refractivity contribution in [3.05, 3.63) is 83.8 Å². The van der Waals surface area contributed by atoms with E-state index in [1.54, 1.807) is 48.9 Å². The Bertz CT molecular complexity index is 1280. The average Bonchev–Trinajstić information content (AvgIpc) is 3.26. The van der Waals surface area contributed by atoms with Gasteiger partial charge in [0.1, 0.15) is 5.82 Å². The number of nitrogens with one attached hydrogen (secondary N) is 1. The zero-order chi connectivity index (χ0) is 22.8. The second-order valence-corrected chi connectivity index (χ2v) is 8.01. The predicted octanol–water partition coefficient (Wildman–Crippen LogP) is 2.08. The van der Waals surface area contributed by atoms with Gasteiger partial charge in [-0.2, -0.15) is 0 Å². The van der Waals surface area contributed by atoms with Crippen molar-refractivity contribution in [2.45, 2.75) is 12.6 Å². The second-order valence-electron chi connectivity index (χ2n) is 8.01. The highest BCUT2D eigenvalue weighted by Crippen LogP contribution is 2.25. The van der Waals surface area contributed by atoms with Gasteiger partial charge in [0.15, 0.2) is 11.5 Å². The molecular formula is C23H23FN8O. The van der Waals surface area contributed by atoms with Gasteiger partial charge in [-0.3, -0.25) is 14.1 Å². The lowest BCUT2D eigenvalue weighted by Crippen LogP contribution is -2.47. The number of carbonyl (C=O) groups excluding carboxylic acids is 1. The summed E-state index contributed by atoms with van der Waals surface area (Å²) in [6, 6.07) is 11.4. The molecule has 1 aliphatic heterocycles. The summed E-state index contributed by atoms with van der Waals surface area (Å²) in [4.78, 5) is 25.8. The Kier molecular flexibility index (Phi) is 5.66. The Morgan fingerprint density at radius 3 is 2.79 bits per heavy atom. The van der Waals surface area contributed by atoms with Crippen LogP contribution in [0.15, 0.2) is 61.1 Å². The number of nitrogens with zero attached hydrogens (tertiary/aromatic N) is 7. The van der Waals surface area contributed by atoms with Crippen LogP contribution in [-0.2, 0) is 6.54 Å². The number of likely N-dealkylation sites (N-methyl/N-ethyl adjacent to an activating group) is 1. The molecule has 0 aliphatic carbocycles. The number of fused-ring (bicyclic) bond motifs is 1. The molecule has 1 unspecified atom stereocenters. The van der Waals surface area contributed by atoms with Crippen molar-refractivity contribution < 1.29 is 9.18 Å². The van der Waals surface area contributed by atoms with E-state index in [2.05, 4.69) is 35.3 Å². The summed E-state index contributed by atoms with van der Waals surface area (Å²) in [5.41, 5.74) is 1.83. The van der Waals surface area contributed by atoms with Crippen molar-refractivity contribution in [3.8, 4) is 0 Å². The first kappa shape index (κ1) is 21.0. The van der Waals surface area contributed by atoms with Crippen molar-refractivity contribution in [2.24, 2.45) is 0 Å². The van der Waals surface area contributed by atoms with Gasteiger partial charge in [0, 0.05) is 44.8 Å². The maximum Gasteiger partial charge on any atom is 0.253 e. The molecule has 0 spiro atoms. The zero-order valence-corrected chi connectivity index (χ0v) is 18.1. The van der Waals surface area contributed by atoms with Crippen LogP contribution in [-0.4, -0.2) is 62.1 Å². The molecule has 4 heterocycles. The number of benzene rings is 1. The Hall–Kier alpha value is -3.92. The molecule has 3 aromatic heterocycles. The van der Waals surface area contributed by atoms with Crippen LogP contribution < -0.4 is 10.2 Å². The molecular weight excluding hydrogens is 423 g/mol. The van der Waals surface area contributed by atoms with Crippen molar-refractivity contribution in [3.63, 3.8) is 0 Å². The third-order valence-corrected chi connectivity index (χ3v) is 5.81. The maximum absolute atomic E-state index is 13.4. The number of anilines is 1. The molecule has 1 atom stereocenters. The van der Waals surface area contributed by atoms with Gasteiger partial charge in [0.05, 0.1) is 11.6 Å². The molecule has 9 nitrogen and oxygen atoms in total. The van der Waals surface area contributed by atoms with E-state index < -0.39 is 0 Å². The maximum atomic E-state index is 13.4. The van der Waals surface area contributed by atoms with Crippen molar-refractivity contribution >= 4 is 17.5 Å². The van der Waals surface area contributed by atoms with E-state index in [4.69, 9.17) is 0 Å². The quantitative estimate of drug-likeness (QED) is 0.502. The van der Waals surface area contributed by atoms with Crippen molar-refractivity contribution in [1.29, 1.82) is 0 Å². The molecule has 5 rings (SSSR count). The number of pyridine rings is 1. The third kappa shape index (κ3) is 4.37. The highest BCUT2D eigenvalue weighted by atomic mass is 19.1. The average molecular weight is 446 g/mol. The van der Waals surface area contributed by atoms with Gasteiger partial charge < -0.3 is 10.2 Å². The highest BCUT2D eigenvalue weighted by Gasteiger charge is 2.30. The molecule has 10 heteroatoms. The molecule has 33 heavy (non-hydrogen) atoms. The third-order valence-electron chi connectivity index (χ3n) is 5.81. The van der Waals surface area contributed by atoms with Crippen molar-refractivity contribution in [2.75, 3.05) is 31.6 Å². The van der Waals surface area contributed by atoms with Crippen LogP contribution in [0, 0.1) is 5.82 Å². The van der Waals surface area contributed by atoms with Crippen LogP contribution in [0.2, 0.25) is 0 Å². The topological polar surface area (TPSA) is 91.6 Å². The van der Waals surface area contributed by atoms with Crippen LogP contribution in [0.3, 0.4) is 0 Å². The molecule has 1 aliphatic rings. The number of rotatable bonds is 5. The van der Waals surface area contributed by atoms with E-state index >= 15 is 0 Å². The van der Waals surface area contributed by atoms with Crippen LogP contribution in [0.5, 0.6) is 0 Å². The molecule has 1 saturated heterocycles. The van der Waals surface area contributed by atoms with Gasteiger partial charge in [-0.15, -0.1) is 10.2 Å². The summed E-state index contributed by atoms with van der Waals surface area (Å²) in [5.74, 6) is 0.843. The van der Waals surface area contributed by atoms with Crippen LogP contribution in [0.25, 0.3) is 5.65 Å². The van der Waals surface area contributed by atoms with Crippen LogP contribution in [0.1, 0.15) is 27.8 Å². The number of hydrogen-bond acceptors (Lipinski definition) is 7. The summed E-state index contributed by atoms with van der Waals surface area (Å²) >= 11 is 0. The largest absolute Gasteiger partial charge is 0.348 e. The standard InChI is InChI=1S/C23H23FN8O/c1-30-10-11-31(23-25-8-3-9-26-23)15-19(30)21-29-28-20-7-6-17(14-32(20)21)22(33)27-13-16-4-2-5-18(24)12-16/h2-9,12,14,19H,10-11,13,15H2,1H3,(H,27,33). The van der Waals surface area contributed by atoms with Crippen LogP contribution >= 0.6 is 0 Å². The molecule has 1 aromatic carbocycles. The Labute approximate surface area is 189 Å². The van der Waals surface area contributed by atoms with Gasteiger partial charge in [0.25, 0.3) is 5.91 Å². The Morgan fingerprint density at radius 2 is 1.97 bits per heavy atom. The molecule has 0 radical (unpaired) electrons. The lowest BCUT2D eigenvalue weighted by molar-refractivity contribution is 0.0950. The van der Waals surface area contributed by atoms with E-state index in [0.717, 1.165) is 18.9 Å². The minimum atomic E-state index is -0.330. The first-order valence-electron chi connectivity index (χ1n) is 10.7. The fourth-order valence-corrected chi connectivity index (χ4v) is 3.99. The normalized spacial score (nSPS) is 16.8. The number of aromatic nitrogens is 5. The number of amides is 1. The van der Waals surface area contributed by atoms with Gasteiger partial charge in [0.2, 0.25) is 5.95 Å². The summed E-state index contributed by atoms with van der Waals surface area (Å²) in [6.07, 6.45) is 5.21. The zero-order valence-electron chi connectivity index (χ0n) is 18.1. The number of carbonyl (C=O) groups is 1. The van der Waals surface area contributed by atoms with Crippen LogP contribution in [0.4, 0.5) is 10.3 Å².